The average Bonchev–Trinajstić information content (AvgIpc) is 3.31. The van der Waals surface area contributed by atoms with Crippen molar-refractivity contribution >= 4 is 11.8 Å². The summed E-state index contributed by atoms with van der Waals surface area (Å²) in [5.41, 5.74) is 2.19. The number of aromatic nitrogens is 4. The minimum atomic E-state index is 0.703. The second-order valence-corrected chi connectivity index (χ2v) is 6.60. The van der Waals surface area contributed by atoms with Crippen LogP contribution in [0.1, 0.15) is 5.56 Å². The summed E-state index contributed by atoms with van der Waals surface area (Å²) >= 11 is 0. The molecule has 3 aromatic rings. The summed E-state index contributed by atoms with van der Waals surface area (Å²) in [7, 11) is 1.83. The van der Waals surface area contributed by atoms with Crippen LogP contribution in [0.15, 0.2) is 60.0 Å². The van der Waals surface area contributed by atoms with Gasteiger partial charge in [-0.2, -0.15) is 5.10 Å². The van der Waals surface area contributed by atoms with Crippen molar-refractivity contribution in [1.82, 2.24) is 30.4 Å². The van der Waals surface area contributed by atoms with E-state index < -0.39 is 0 Å². The molecule has 2 N–H and O–H groups in total. The Labute approximate surface area is 164 Å². The van der Waals surface area contributed by atoms with Gasteiger partial charge in [-0.15, -0.1) is 0 Å². The second kappa shape index (κ2) is 8.51. The van der Waals surface area contributed by atoms with E-state index in [-0.39, 0.29) is 0 Å². The van der Waals surface area contributed by atoms with Crippen molar-refractivity contribution in [2.24, 2.45) is 4.99 Å². The van der Waals surface area contributed by atoms with Crippen molar-refractivity contribution in [1.29, 1.82) is 0 Å². The quantitative estimate of drug-likeness (QED) is 0.533. The lowest BCUT2D eigenvalue weighted by molar-refractivity contribution is 0.371. The zero-order chi connectivity index (χ0) is 19.2. The van der Waals surface area contributed by atoms with Gasteiger partial charge in [0.15, 0.2) is 11.8 Å². The largest absolute Gasteiger partial charge is 0.353 e. The van der Waals surface area contributed by atoms with E-state index in [4.69, 9.17) is 0 Å². The van der Waals surface area contributed by atoms with Gasteiger partial charge in [-0.3, -0.25) is 10.1 Å². The Morgan fingerprint density at radius 1 is 1.11 bits per heavy atom. The predicted octanol–water partition coefficient (Wildman–Crippen LogP) is 1.76. The Morgan fingerprint density at radius 3 is 2.71 bits per heavy atom. The Morgan fingerprint density at radius 2 is 2.00 bits per heavy atom. The molecule has 0 spiro atoms. The third-order valence-corrected chi connectivity index (χ3v) is 4.83. The molecule has 2 aromatic heterocycles. The SMILES string of the molecule is CN=C(NCc1cccc(-c2ncn[nH]2)c1)N1CCN(c2ccccn2)CC1. The van der Waals surface area contributed by atoms with Crippen molar-refractivity contribution in [2.75, 3.05) is 38.1 Å². The molecule has 1 fully saturated rings. The first-order valence-corrected chi connectivity index (χ1v) is 9.40. The molecule has 4 rings (SSSR count). The summed E-state index contributed by atoms with van der Waals surface area (Å²) in [5.74, 6) is 2.73. The van der Waals surface area contributed by atoms with Crippen molar-refractivity contribution < 1.29 is 0 Å². The first kappa shape index (κ1) is 18.0. The van der Waals surface area contributed by atoms with Gasteiger partial charge in [0.25, 0.3) is 0 Å². The number of pyridine rings is 1. The topological polar surface area (TPSA) is 85.3 Å². The minimum absolute atomic E-state index is 0.703. The summed E-state index contributed by atoms with van der Waals surface area (Å²) in [6.45, 7) is 4.38. The van der Waals surface area contributed by atoms with Crippen molar-refractivity contribution in [3.63, 3.8) is 0 Å². The van der Waals surface area contributed by atoms with Crippen LogP contribution in [-0.4, -0.2) is 64.3 Å². The lowest BCUT2D eigenvalue weighted by Gasteiger charge is -2.37. The fourth-order valence-electron chi connectivity index (χ4n) is 3.37. The van der Waals surface area contributed by atoms with Gasteiger partial charge >= 0.3 is 0 Å². The van der Waals surface area contributed by atoms with E-state index in [2.05, 4.69) is 58.5 Å². The smallest absolute Gasteiger partial charge is 0.194 e. The first-order chi connectivity index (χ1) is 13.8. The molecule has 0 atom stereocenters. The van der Waals surface area contributed by atoms with E-state index in [0.29, 0.717) is 6.54 Å². The van der Waals surface area contributed by atoms with E-state index in [1.807, 2.05) is 37.5 Å². The molecule has 1 saturated heterocycles. The Hall–Kier alpha value is -3.42. The number of benzene rings is 1. The summed E-state index contributed by atoms with van der Waals surface area (Å²) < 4.78 is 0. The number of rotatable bonds is 4. The Balaban J connectivity index is 1.34. The fraction of sp³-hybridized carbons (Fsp3) is 0.300. The van der Waals surface area contributed by atoms with Crippen LogP contribution in [0.4, 0.5) is 5.82 Å². The van der Waals surface area contributed by atoms with E-state index in [9.17, 15) is 0 Å². The molecule has 0 radical (unpaired) electrons. The molecule has 1 aromatic carbocycles. The van der Waals surface area contributed by atoms with Crippen LogP contribution in [0.5, 0.6) is 0 Å². The number of nitrogens with zero attached hydrogens (tertiary/aromatic N) is 6. The van der Waals surface area contributed by atoms with Gasteiger partial charge in [0.05, 0.1) is 0 Å². The summed E-state index contributed by atoms with van der Waals surface area (Å²) in [4.78, 5) is 17.7. The van der Waals surface area contributed by atoms with Crippen LogP contribution >= 0.6 is 0 Å². The Kier molecular flexibility index (Phi) is 5.46. The number of hydrogen-bond donors (Lipinski definition) is 2. The standard InChI is InChI=1S/C20H24N8/c1-21-20(28-11-9-27(10-12-28)18-7-2-3-8-22-18)23-14-16-5-4-6-17(13-16)19-24-15-25-26-19/h2-8,13,15H,9-12,14H2,1H3,(H,21,23)(H,24,25,26). The van der Waals surface area contributed by atoms with Gasteiger partial charge < -0.3 is 15.1 Å². The number of guanidine groups is 1. The number of piperazine rings is 1. The highest BCUT2D eigenvalue weighted by Crippen LogP contribution is 2.16. The minimum Gasteiger partial charge on any atom is -0.353 e. The van der Waals surface area contributed by atoms with E-state index >= 15 is 0 Å². The van der Waals surface area contributed by atoms with E-state index in [1.54, 1.807) is 0 Å². The molecule has 144 valence electrons. The number of nitrogens with one attached hydrogen (secondary N) is 2. The van der Waals surface area contributed by atoms with Gasteiger partial charge in [0, 0.05) is 51.5 Å². The number of anilines is 1. The van der Waals surface area contributed by atoms with Crippen LogP contribution in [0.3, 0.4) is 0 Å². The van der Waals surface area contributed by atoms with Crippen molar-refractivity contribution in [2.45, 2.75) is 6.54 Å². The third kappa shape index (κ3) is 4.11. The van der Waals surface area contributed by atoms with Gasteiger partial charge in [-0.25, -0.2) is 9.97 Å². The number of aromatic amines is 1. The predicted molar refractivity (Wildman–Crippen MR) is 110 cm³/mol. The van der Waals surface area contributed by atoms with Crippen molar-refractivity contribution in [3.8, 4) is 11.4 Å². The molecule has 8 heteroatoms. The van der Waals surface area contributed by atoms with Crippen LogP contribution in [0, 0.1) is 0 Å². The number of hydrogen-bond acceptors (Lipinski definition) is 5. The molecule has 0 amide bonds. The molecule has 8 nitrogen and oxygen atoms in total. The maximum absolute atomic E-state index is 4.47. The van der Waals surface area contributed by atoms with Crippen LogP contribution < -0.4 is 10.2 Å². The number of aliphatic imine (C=N–C) groups is 1. The maximum Gasteiger partial charge on any atom is 0.194 e. The molecular formula is C20H24N8. The molecule has 28 heavy (non-hydrogen) atoms. The molecule has 0 aliphatic carbocycles. The summed E-state index contributed by atoms with van der Waals surface area (Å²) in [6.07, 6.45) is 3.36. The summed E-state index contributed by atoms with van der Waals surface area (Å²) in [6, 6.07) is 14.3. The van der Waals surface area contributed by atoms with Crippen LogP contribution in [-0.2, 0) is 6.54 Å². The highest BCUT2D eigenvalue weighted by Gasteiger charge is 2.20. The fourth-order valence-corrected chi connectivity index (χ4v) is 3.37. The number of H-pyrrole nitrogens is 1. The third-order valence-electron chi connectivity index (χ3n) is 4.83. The van der Waals surface area contributed by atoms with Crippen molar-refractivity contribution in [3.05, 3.63) is 60.6 Å². The molecule has 0 saturated carbocycles. The zero-order valence-corrected chi connectivity index (χ0v) is 15.9. The van der Waals surface area contributed by atoms with Gasteiger partial charge in [-0.05, 0) is 23.8 Å². The van der Waals surface area contributed by atoms with Gasteiger partial charge in [-0.1, -0.05) is 24.3 Å². The first-order valence-electron chi connectivity index (χ1n) is 9.40. The zero-order valence-electron chi connectivity index (χ0n) is 15.9. The van der Waals surface area contributed by atoms with Gasteiger partial charge in [0.1, 0.15) is 12.1 Å². The molecule has 0 bridgehead atoms. The molecule has 1 aliphatic rings. The van der Waals surface area contributed by atoms with E-state index in [1.165, 1.54) is 11.9 Å². The molecule has 0 unspecified atom stereocenters. The monoisotopic (exact) mass is 376 g/mol. The van der Waals surface area contributed by atoms with Crippen LogP contribution in [0.25, 0.3) is 11.4 Å². The van der Waals surface area contributed by atoms with E-state index in [0.717, 1.165) is 49.3 Å². The second-order valence-electron chi connectivity index (χ2n) is 6.60. The Bertz CT molecular complexity index is 899. The van der Waals surface area contributed by atoms with Gasteiger partial charge in [0.2, 0.25) is 0 Å². The average molecular weight is 376 g/mol. The lowest BCUT2D eigenvalue weighted by atomic mass is 10.1. The normalized spacial score (nSPS) is 15.0. The molecule has 3 heterocycles. The molecular weight excluding hydrogens is 352 g/mol. The van der Waals surface area contributed by atoms with Crippen LogP contribution in [0.2, 0.25) is 0 Å². The lowest BCUT2D eigenvalue weighted by Crippen LogP contribution is -2.52. The highest BCUT2D eigenvalue weighted by atomic mass is 15.4. The summed E-state index contributed by atoms with van der Waals surface area (Å²) in [5, 5.41) is 10.3. The maximum atomic E-state index is 4.47. The molecule has 1 aliphatic heterocycles. The highest BCUT2D eigenvalue weighted by molar-refractivity contribution is 5.80.